The summed E-state index contributed by atoms with van der Waals surface area (Å²) in [6, 6.07) is 8.29. The van der Waals surface area contributed by atoms with Crippen LogP contribution in [0.3, 0.4) is 0 Å². The lowest BCUT2D eigenvalue weighted by atomic mass is 10.1. The number of rotatable bonds is 5. The Kier molecular flexibility index (Phi) is 5.65. The van der Waals surface area contributed by atoms with Gasteiger partial charge in [-0.3, -0.25) is 19.3 Å². The van der Waals surface area contributed by atoms with Crippen LogP contribution in [-0.2, 0) is 20.9 Å². The quantitative estimate of drug-likeness (QED) is 0.495. The number of nitrogens with one attached hydrogen (secondary N) is 1. The van der Waals surface area contributed by atoms with E-state index in [9.17, 15) is 19.2 Å². The van der Waals surface area contributed by atoms with E-state index in [0.717, 1.165) is 41.0 Å². The van der Waals surface area contributed by atoms with Crippen molar-refractivity contribution in [1.29, 1.82) is 0 Å². The standard InChI is InChI=1S/C19H23N3O4/c23-16(20-15-10-6-1-2-7-11-15)13-22-18(25)17(24)21(19(22)26)12-14-8-4-3-5-9-14/h3-5,8-9,15H,1-2,6-7,10-13H2,(H,20,23). The maximum Gasteiger partial charge on any atom is 0.335 e. The summed E-state index contributed by atoms with van der Waals surface area (Å²) in [6.07, 6.45) is 6.28. The number of carbonyl (C=O) groups excluding carboxylic acids is 4. The van der Waals surface area contributed by atoms with Crippen molar-refractivity contribution >= 4 is 23.8 Å². The number of hydrogen-bond acceptors (Lipinski definition) is 4. The predicted octanol–water partition coefficient (Wildman–Crippen LogP) is 1.82. The molecular weight excluding hydrogens is 334 g/mol. The molecule has 1 aromatic carbocycles. The number of hydrogen-bond donors (Lipinski definition) is 1. The zero-order valence-electron chi connectivity index (χ0n) is 14.6. The lowest BCUT2D eigenvalue weighted by Gasteiger charge is -2.19. The van der Waals surface area contributed by atoms with Crippen molar-refractivity contribution in [2.75, 3.05) is 6.54 Å². The number of carbonyl (C=O) groups is 4. The molecule has 26 heavy (non-hydrogen) atoms. The molecule has 3 rings (SSSR count). The van der Waals surface area contributed by atoms with Gasteiger partial charge in [0.05, 0.1) is 6.54 Å². The van der Waals surface area contributed by atoms with E-state index in [0.29, 0.717) is 0 Å². The molecule has 0 unspecified atom stereocenters. The van der Waals surface area contributed by atoms with E-state index < -0.39 is 30.3 Å². The Bertz CT molecular complexity index is 696. The van der Waals surface area contributed by atoms with Crippen molar-refractivity contribution in [2.45, 2.75) is 51.1 Å². The second-order valence-corrected chi connectivity index (χ2v) is 6.81. The van der Waals surface area contributed by atoms with Crippen molar-refractivity contribution in [3.05, 3.63) is 35.9 Å². The highest BCUT2D eigenvalue weighted by Crippen LogP contribution is 2.18. The fourth-order valence-electron chi connectivity index (χ4n) is 3.44. The Hall–Kier alpha value is -2.70. The zero-order valence-corrected chi connectivity index (χ0v) is 14.6. The summed E-state index contributed by atoms with van der Waals surface area (Å²) in [5.41, 5.74) is 0.742. The van der Waals surface area contributed by atoms with Gasteiger partial charge >= 0.3 is 17.8 Å². The predicted molar refractivity (Wildman–Crippen MR) is 93.7 cm³/mol. The van der Waals surface area contributed by atoms with Crippen molar-refractivity contribution in [1.82, 2.24) is 15.1 Å². The first kappa shape index (κ1) is 18.1. The third-order valence-corrected chi connectivity index (χ3v) is 4.84. The average Bonchev–Trinajstić information content (AvgIpc) is 2.85. The molecule has 2 fully saturated rings. The van der Waals surface area contributed by atoms with Crippen LogP contribution >= 0.6 is 0 Å². The minimum absolute atomic E-state index is 0.0188. The Morgan fingerprint density at radius 3 is 2.19 bits per heavy atom. The second kappa shape index (κ2) is 8.12. The fourth-order valence-corrected chi connectivity index (χ4v) is 3.44. The monoisotopic (exact) mass is 357 g/mol. The van der Waals surface area contributed by atoms with E-state index in [2.05, 4.69) is 5.32 Å². The summed E-state index contributed by atoms with van der Waals surface area (Å²) in [5.74, 6) is -2.23. The van der Waals surface area contributed by atoms with Crippen LogP contribution in [0.5, 0.6) is 0 Å². The highest BCUT2D eigenvalue weighted by molar-refractivity contribution is 6.44. The van der Waals surface area contributed by atoms with Gasteiger partial charge in [0.25, 0.3) is 0 Å². The number of urea groups is 1. The molecule has 1 saturated heterocycles. The first-order valence-electron chi connectivity index (χ1n) is 9.07. The van der Waals surface area contributed by atoms with Gasteiger partial charge in [-0.25, -0.2) is 9.69 Å². The van der Waals surface area contributed by atoms with E-state index in [-0.39, 0.29) is 12.6 Å². The van der Waals surface area contributed by atoms with Crippen LogP contribution in [0, 0.1) is 0 Å². The summed E-state index contributed by atoms with van der Waals surface area (Å²) >= 11 is 0. The fraction of sp³-hybridized carbons (Fsp3) is 0.474. The maximum atomic E-state index is 12.4. The third-order valence-electron chi connectivity index (χ3n) is 4.84. The number of imide groups is 2. The van der Waals surface area contributed by atoms with Gasteiger partial charge < -0.3 is 5.32 Å². The molecule has 0 radical (unpaired) electrons. The molecule has 1 N–H and O–H groups in total. The van der Waals surface area contributed by atoms with Crippen LogP contribution in [0.2, 0.25) is 0 Å². The molecule has 1 saturated carbocycles. The Morgan fingerprint density at radius 2 is 1.54 bits per heavy atom. The number of nitrogens with zero attached hydrogens (tertiary/aromatic N) is 2. The second-order valence-electron chi connectivity index (χ2n) is 6.81. The van der Waals surface area contributed by atoms with Crippen LogP contribution < -0.4 is 5.32 Å². The molecule has 1 heterocycles. The van der Waals surface area contributed by atoms with Gasteiger partial charge in [-0.15, -0.1) is 0 Å². The smallest absolute Gasteiger partial charge is 0.335 e. The highest BCUT2D eigenvalue weighted by atomic mass is 16.2. The van der Waals surface area contributed by atoms with E-state index in [1.54, 1.807) is 24.3 Å². The molecule has 1 aromatic rings. The molecule has 7 heteroatoms. The molecule has 1 aliphatic heterocycles. The van der Waals surface area contributed by atoms with Gasteiger partial charge in [-0.2, -0.15) is 0 Å². The molecular formula is C19H23N3O4. The van der Waals surface area contributed by atoms with E-state index in [4.69, 9.17) is 0 Å². The highest BCUT2D eigenvalue weighted by Gasteiger charge is 2.45. The van der Waals surface area contributed by atoms with Crippen LogP contribution in [0.1, 0.15) is 44.1 Å². The molecule has 0 atom stereocenters. The maximum absolute atomic E-state index is 12.4. The minimum atomic E-state index is -0.943. The van der Waals surface area contributed by atoms with Gasteiger partial charge in [-0.1, -0.05) is 56.0 Å². The molecule has 0 aromatic heterocycles. The van der Waals surface area contributed by atoms with Crippen molar-refractivity contribution in [2.24, 2.45) is 0 Å². The molecule has 7 nitrogen and oxygen atoms in total. The van der Waals surface area contributed by atoms with Gasteiger partial charge in [0.15, 0.2) is 0 Å². The Morgan fingerprint density at radius 1 is 0.923 bits per heavy atom. The van der Waals surface area contributed by atoms with E-state index in [1.165, 1.54) is 12.8 Å². The van der Waals surface area contributed by atoms with Crippen LogP contribution in [0.25, 0.3) is 0 Å². The summed E-state index contributed by atoms with van der Waals surface area (Å²) in [4.78, 5) is 50.6. The summed E-state index contributed by atoms with van der Waals surface area (Å²) in [7, 11) is 0. The lowest BCUT2D eigenvalue weighted by molar-refractivity contribution is -0.144. The SMILES string of the molecule is O=C(CN1C(=O)C(=O)N(Cc2ccccc2)C1=O)NC1CCCCCC1. The number of benzene rings is 1. The van der Waals surface area contributed by atoms with Crippen molar-refractivity contribution < 1.29 is 19.2 Å². The molecule has 0 bridgehead atoms. The van der Waals surface area contributed by atoms with Crippen LogP contribution in [0.15, 0.2) is 30.3 Å². The van der Waals surface area contributed by atoms with E-state index in [1.807, 2.05) is 6.07 Å². The van der Waals surface area contributed by atoms with Gasteiger partial charge in [0, 0.05) is 6.04 Å². The Balaban J connectivity index is 1.60. The number of amides is 5. The van der Waals surface area contributed by atoms with Gasteiger partial charge in [0.1, 0.15) is 6.54 Å². The van der Waals surface area contributed by atoms with Crippen LogP contribution in [-0.4, -0.2) is 46.1 Å². The zero-order chi connectivity index (χ0) is 18.5. The van der Waals surface area contributed by atoms with E-state index >= 15 is 0 Å². The molecule has 5 amide bonds. The molecule has 138 valence electrons. The van der Waals surface area contributed by atoms with Crippen LogP contribution in [0.4, 0.5) is 4.79 Å². The summed E-state index contributed by atoms with van der Waals surface area (Å²) in [6.45, 7) is -0.393. The topological polar surface area (TPSA) is 86.8 Å². The summed E-state index contributed by atoms with van der Waals surface area (Å²) in [5, 5.41) is 2.89. The van der Waals surface area contributed by atoms with Crippen molar-refractivity contribution in [3.8, 4) is 0 Å². The minimum Gasteiger partial charge on any atom is -0.352 e. The largest absolute Gasteiger partial charge is 0.352 e. The first-order valence-corrected chi connectivity index (χ1v) is 9.07. The average molecular weight is 357 g/mol. The van der Waals surface area contributed by atoms with Gasteiger partial charge in [0.2, 0.25) is 5.91 Å². The van der Waals surface area contributed by atoms with Crippen molar-refractivity contribution in [3.63, 3.8) is 0 Å². The summed E-state index contributed by atoms with van der Waals surface area (Å²) < 4.78 is 0. The molecule has 0 spiro atoms. The first-order chi connectivity index (χ1) is 12.6. The normalized spacial score (nSPS) is 19.0. The Labute approximate surface area is 152 Å². The van der Waals surface area contributed by atoms with Gasteiger partial charge in [-0.05, 0) is 18.4 Å². The molecule has 2 aliphatic rings. The third kappa shape index (κ3) is 4.09. The lowest BCUT2D eigenvalue weighted by Crippen LogP contribution is -2.44. The molecule has 1 aliphatic carbocycles.